The van der Waals surface area contributed by atoms with Crippen molar-refractivity contribution in [1.82, 2.24) is 4.90 Å². The van der Waals surface area contributed by atoms with E-state index in [2.05, 4.69) is 0 Å². The Labute approximate surface area is 122 Å². The number of nitrogens with two attached hydrogens (primary N) is 1. The number of likely N-dealkylation sites (tertiary alicyclic amines) is 1. The van der Waals surface area contributed by atoms with Crippen LogP contribution in [0.1, 0.15) is 12.5 Å². The first-order valence-corrected chi connectivity index (χ1v) is 7.00. The van der Waals surface area contributed by atoms with Gasteiger partial charge in [0.25, 0.3) is 0 Å². The fourth-order valence-corrected chi connectivity index (χ4v) is 2.88. The molecule has 2 amide bonds. The van der Waals surface area contributed by atoms with E-state index in [4.69, 9.17) is 15.2 Å². The number of hydrogen-bond acceptors (Lipinski definition) is 4. The summed E-state index contributed by atoms with van der Waals surface area (Å²) >= 11 is 0. The first-order chi connectivity index (χ1) is 10.0. The second-order valence-electron chi connectivity index (χ2n) is 5.65. The summed E-state index contributed by atoms with van der Waals surface area (Å²) in [5, 5.41) is 0. The lowest BCUT2D eigenvalue weighted by atomic mass is 9.98. The van der Waals surface area contributed by atoms with E-state index in [1.807, 2.05) is 25.1 Å². The Balaban J connectivity index is 1.66. The SMILES string of the molecule is C[C@@H]1CN(C(=O)Cc2ccc3c(c2)OCO3)C[C@H]1C(N)=O. The molecule has 2 aliphatic rings. The monoisotopic (exact) mass is 290 g/mol. The van der Waals surface area contributed by atoms with Gasteiger partial charge in [0.15, 0.2) is 11.5 Å². The maximum atomic E-state index is 12.3. The van der Waals surface area contributed by atoms with Crippen molar-refractivity contribution in [1.29, 1.82) is 0 Å². The van der Waals surface area contributed by atoms with Gasteiger partial charge in [-0.05, 0) is 23.6 Å². The average Bonchev–Trinajstić information content (AvgIpc) is 3.04. The van der Waals surface area contributed by atoms with Crippen LogP contribution in [0.5, 0.6) is 11.5 Å². The molecule has 112 valence electrons. The normalized spacial score (nSPS) is 23.4. The third kappa shape index (κ3) is 2.66. The van der Waals surface area contributed by atoms with Crippen molar-refractivity contribution in [2.24, 2.45) is 17.6 Å². The van der Waals surface area contributed by atoms with Crippen LogP contribution in [0.3, 0.4) is 0 Å². The molecule has 1 aromatic rings. The molecule has 6 nitrogen and oxygen atoms in total. The molecule has 6 heteroatoms. The standard InChI is InChI=1S/C15H18N2O4/c1-9-6-17(7-11(9)15(16)19)14(18)5-10-2-3-12-13(4-10)21-8-20-12/h2-4,9,11H,5-8H2,1H3,(H2,16,19)/t9-,11-/m1/s1. The number of rotatable bonds is 3. The molecule has 3 rings (SSSR count). The average molecular weight is 290 g/mol. The topological polar surface area (TPSA) is 81.9 Å². The van der Waals surface area contributed by atoms with Gasteiger partial charge in [-0.15, -0.1) is 0 Å². The third-order valence-electron chi connectivity index (χ3n) is 4.12. The van der Waals surface area contributed by atoms with Crippen molar-refractivity contribution < 1.29 is 19.1 Å². The Hall–Kier alpha value is -2.24. The number of benzene rings is 1. The highest BCUT2D eigenvalue weighted by Crippen LogP contribution is 2.33. The molecule has 2 heterocycles. The molecule has 0 radical (unpaired) electrons. The predicted octanol–water partition coefficient (Wildman–Crippen LogP) is 0.538. The maximum Gasteiger partial charge on any atom is 0.231 e. The minimum Gasteiger partial charge on any atom is -0.454 e. The Morgan fingerprint density at radius 1 is 1.29 bits per heavy atom. The van der Waals surface area contributed by atoms with Crippen molar-refractivity contribution in [3.05, 3.63) is 23.8 Å². The Morgan fingerprint density at radius 2 is 2.05 bits per heavy atom. The second kappa shape index (κ2) is 5.27. The lowest BCUT2D eigenvalue weighted by Crippen LogP contribution is -2.32. The van der Waals surface area contributed by atoms with Gasteiger partial charge in [0, 0.05) is 13.1 Å². The predicted molar refractivity (Wildman–Crippen MR) is 74.7 cm³/mol. The maximum absolute atomic E-state index is 12.3. The summed E-state index contributed by atoms with van der Waals surface area (Å²) in [4.78, 5) is 25.4. The van der Waals surface area contributed by atoms with Gasteiger partial charge in [0.2, 0.25) is 18.6 Å². The zero-order valence-corrected chi connectivity index (χ0v) is 11.9. The first-order valence-electron chi connectivity index (χ1n) is 7.00. The van der Waals surface area contributed by atoms with Crippen LogP contribution < -0.4 is 15.2 Å². The minimum absolute atomic E-state index is 0.00413. The van der Waals surface area contributed by atoms with Crippen LogP contribution in [0.2, 0.25) is 0 Å². The molecule has 21 heavy (non-hydrogen) atoms. The van der Waals surface area contributed by atoms with Crippen molar-refractivity contribution in [3.8, 4) is 11.5 Å². The van der Waals surface area contributed by atoms with Crippen molar-refractivity contribution in [2.75, 3.05) is 19.9 Å². The Kier molecular flexibility index (Phi) is 3.45. The van der Waals surface area contributed by atoms with Gasteiger partial charge in [0.1, 0.15) is 0 Å². The Bertz CT molecular complexity index is 587. The van der Waals surface area contributed by atoms with Crippen molar-refractivity contribution in [2.45, 2.75) is 13.3 Å². The molecule has 0 aliphatic carbocycles. The number of carbonyl (C=O) groups excluding carboxylic acids is 2. The lowest BCUT2D eigenvalue weighted by molar-refractivity contribution is -0.129. The number of primary amides is 1. The van der Waals surface area contributed by atoms with E-state index in [-0.39, 0.29) is 36.9 Å². The minimum atomic E-state index is -0.333. The third-order valence-corrected chi connectivity index (χ3v) is 4.12. The van der Waals surface area contributed by atoms with Crippen LogP contribution in [-0.4, -0.2) is 36.6 Å². The fourth-order valence-electron chi connectivity index (χ4n) is 2.88. The van der Waals surface area contributed by atoms with E-state index in [1.54, 1.807) is 4.90 Å². The zero-order chi connectivity index (χ0) is 15.0. The van der Waals surface area contributed by atoms with E-state index in [1.165, 1.54) is 0 Å². The van der Waals surface area contributed by atoms with E-state index >= 15 is 0 Å². The van der Waals surface area contributed by atoms with Crippen LogP contribution in [-0.2, 0) is 16.0 Å². The number of carbonyl (C=O) groups is 2. The number of nitrogens with zero attached hydrogens (tertiary/aromatic N) is 1. The van der Waals surface area contributed by atoms with Gasteiger partial charge >= 0.3 is 0 Å². The van der Waals surface area contributed by atoms with Crippen LogP contribution >= 0.6 is 0 Å². The van der Waals surface area contributed by atoms with E-state index < -0.39 is 0 Å². The molecule has 0 bridgehead atoms. The molecule has 2 N–H and O–H groups in total. The molecule has 0 aromatic heterocycles. The van der Waals surface area contributed by atoms with Gasteiger partial charge in [-0.3, -0.25) is 9.59 Å². The summed E-state index contributed by atoms with van der Waals surface area (Å²) in [7, 11) is 0. The van der Waals surface area contributed by atoms with Gasteiger partial charge < -0.3 is 20.1 Å². The number of ether oxygens (including phenoxy) is 2. The van der Waals surface area contributed by atoms with E-state index in [0.29, 0.717) is 24.6 Å². The van der Waals surface area contributed by atoms with Gasteiger partial charge in [0.05, 0.1) is 12.3 Å². The van der Waals surface area contributed by atoms with Crippen LogP contribution in [0.4, 0.5) is 0 Å². The summed E-state index contributed by atoms with van der Waals surface area (Å²) in [6.07, 6.45) is 0.287. The van der Waals surface area contributed by atoms with Crippen LogP contribution in [0.15, 0.2) is 18.2 Å². The van der Waals surface area contributed by atoms with Gasteiger partial charge in [-0.25, -0.2) is 0 Å². The second-order valence-corrected chi connectivity index (χ2v) is 5.65. The number of amides is 2. The highest BCUT2D eigenvalue weighted by molar-refractivity contribution is 5.82. The van der Waals surface area contributed by atoms with E-state index in [0.717, 1.165) is 5.56 Å². The number of hydrogen-bond donors (Lipinski definition) is 1. The molecular formula is C15H18N2O4. The molecule has 0 unspecified atom stereocenters. The zero-order valence-electron chi connectivity index (χ0n) is 11.9. The summed E-state index contributed by atoms with van der Waals surface area (Å²) in [6.45, 7) is 3.16. The fraction of sp³-hybridized carbons (Fsp3) is 0.467. The molecule has 0 saturated carbocycles. The quantitative estimate of drug-likeness (QED) is 0.880. The van der Waals surface area contributed by atoms with Crippen molar-refractivity contribution in [3.63, 3.8) is 0 Å². The van der Waals surface area contributed by atoms with Gasteiger partial charge in [-0.1, -0.05) is 13.0 Å². The van der Waals surface area contributed by atoms with Crippen molar-refractivity contribution >= 4 is 11.8 Å². The van der Waals surface area contributed by atoms with Crippen LogP contribution in [0.25, 0.3) is 0 Å². The molecular weight excluding hydrogens is 272 g/mol. The summed E-state index contributed by atoms with van der Waals surface area (Å²) < 4.78 is 10.5. The molecule has 0 spiro atoms. The largest absolute Gasteiger partial charge is 0.454 e. The summed E-state index contributed by atoms with van der Waals surface area (Å²) in [5.41, 5.74) is 6.23. The smallest absolute Gasteiger partial charge is 0.231 e. The molecule has 1 aromatic carbocycles. The highest BCUT2D eigenvalue weighted by Gasteiger charge is 2.35. The Morgan fingerprint density at radius 3 is 2.76 bits per heavy atom. The lowest BCUT2D eigenvalue weighted by Gasteiger charge is -2.16. The van der Waals surface area contributed by atoms with Crippen LogP contribution in [0, 0.1) is 11.8 Å². The summed E-state index contributed by atoms with van der Waals surface area (Å²) in [5.74, 6) is 0.916. The van der Waals surface area contributed by atoms with Gasteiger partial charge in [-0.2, -0.15) is 0 Å². The molecule has 2 atom stereocenters. The summed E-state index contributed by atoms with van der Waals surface area (Å²) in [6, 6.07) is 5.49. The first kappa shape index (κ1) is 13.7. The highest BCUT2D eigenvalue weighted by atomic mass is 16.7. The molecule has 1 fully saturated rings. The number of fused-ring (bicyclic) bond motifs is 1. The molecule has 1 saturated heterocycles. The molecule has 2 aliphatic heterocycles. The van der Waals surface area contributed by atoms with E-state index in [9.17, 15) is 9.59 Å².